The number of carbonyl (C=O) groups excluding carboxylic acids is 1. The molecular weight excluding hydrogens is 230 g/mol. The SMILES string of the molecule is CC(C)(C)OC(=O)N1CC2(CCCCC2)CC1O. The van der Waals surface area contributed by atoms with Gasteiger partial charge in [-0.05, 0) is 45.4 Å². The van der Waals surface area contributed by atoms with Crippen molar-refractivity contribution in [3.63, 3.8) is 0 Å². The second-order valence-electron chi connectivity index (χ2n) is 6.85. The molecule has 4 nitrogen and oxygen atoms in total. The normalized spacial score (nSPS) is 27.6. The first-order valence-corrected chi connectivity index (χ1v) is 6.99. The average Bonchev–Trinajstić information content (AvgIpc) is 2.54. The summed E-state index contributed by atoms with van der Waals surface area (Å²) in [6.45, 7) is 6.21. The maximum atomic E-state index is 12.0. The van der Waals surface area contributed by atoms with E-state index in [4.69, 9.17) is 4.74 Å². The fourth-order valence-corrected chi connectivity index (χ4v) is 3.20. The maximum Gasteiger partial charge on any atom is 0.412 e. The van der Waals surface area contributed by atoms with E-state index in [1.54, 1.807) is 0 Å². The van der Waals surface area contributed by atoms with Gasteiger partial charge >= 0.3 is 6.09 Å². The number of likely N-dealkylation sites (tertiary alicyclic amines) is 1. The van der Waals surface area contributed by atoms with Crippen LogP contribution in [0, 0.1) is 5.41 Å². The van der Waals surface area contributed by atoms with Crippen molar-refractivity contribution < 1.29 is 14.6 Å². The van der Waals surface area contributed by atoms with Crippen LogP contribution in [0.2, 0.25) is 0 Å². The van der Waals surface area contributed by atoms with Gasteiger partial charge in [0.15, 0.2) is 0 Å². The third-order valence-electron chi connectivity index (χ3n) is 4.02. The van der Waals surface area contributed by atoms with E-state index in [0.717, 1.165) is 12.8 Å². The zero-order valence-electron chi connectivity index (χ0n) is 11.7. The van der Waals surface area contributed by atoms with Crippen LogP contribution in [0.5, 0.6) is 0 Å². The topological polar surface area (TPSA) is 49.8 Å². The summed E-state index contributed by atoms with van der Waals surface area (Å²) in [5.41, 5.74) is -0.353. The van der Waals surface area contributed by atoms with Gasteiger partial charge in [0.2, 0.25) is 0 Å². The van der Waals surface area contributed by atoms with Gasteiger partial charge < -0.3 is 9.84 Å². The van der Waals surface area contributed by atoms with Crippen LogP contribution in [0.1, 0.15) is 59.3 Å². The number of aliphatic hydroxyl groups is 1. The fourth-order valence-electron chi connectivity index (χ4n) is 3.20. The lowest BCUT2D eigenvalue weighted by atomic mass is 9.73. The summed E-state index contributed by atoms with van der Waals surface area (Å²) >= 11 is 0. The lowest BCUT2D eigenvalue weighted by Crippen LogP contribution is -2.40. The zero-order valence-corrected chi connectivity index (χ0v) is 11.7. The Morgan fingerprint density at radius 3 is 2.44 bits per heavy atom. The van der Waals surface area contributed by atoms with Crippen LogP contribution in [0.4, 0.5) is 4.79 Å². The summed E-state index contributed by atoms with van der Waals surface area (Å²) in [4.78, 5) is 13.6. The van der Waals surface area contributed by atoms with Crippen molar-refractivity contribution in [1.29, 1.82) is 0 Å². The monoisotopic (exact) mass is 255 g/mol. The number of hydrogen-bond acceptors (Lipinski definition) is 3. The fraction of sp³-hybridized carbons (Fsp3) is 0.929. The molecule has 1 aliphatic carbocycles. The van der Waals surface area contributed by atoms with Crippen LogP contribution in [0.15, 0.2) is 0 Å². The number of aliphatic hydroxyl groups excluding tert-OH is 1. The van der Waals surface area contributed by atoms with Crippen molar-refractivity contribution in [2.45, 2.75) is 71.1 Å². The number of rotatable bonds is 0. The van der Waals surface area contributed by atoms with Crippen LogP contribution < -0.4 is 0 Å². The lowest BCUT2D eigenvalue weighted by Gasteiger charge is -2.33. The molecule has 1 saturated heterocycles. The van der Waals surface area contributed by atoms with Crippen LogP contribution in [0.3, 0.4) is 0 Å². The van der Waals surface area contributed by atoms with E-state index >= 15 is 0 Å². The largest absolute Gasteiger partial charge is 0.444 e. The molecule has 1 spiro atoms. The molecule has 0 aromatic carbocycles. The van der Waals surface area contributed by atoms with E-state index in [9.17, 15) is 9.90 Å². The van der Waals surface area contributed by atoms with Crippen molar-refractivity contribution in [2.75, 3.05) is 6.54 Å². The van der Waals surface area contributed by atoms with Gasteiger partial charge in [-0.1, -0.05) is 19.3 Å². The molecule has 1 unspecified atom stereocenters. The molecule has 0 aromatic rings. The number of carbonyl (C=O) groups is 1. The Kier molecular flexibility index (Phi) is 3.58. The molecule has 2 rings (SSSR count). The number of ether oxygens (including phenoxy) is 1. The molecule has 2 fully saturated rings. The van der Waals surface area contributed by atoms with E-state index in [2.05, 4.69) is 0 Å². The highest BCUT2D eigenvalue weighted by atomic mass is 16.6. The molecule has 1 N–H and O–H groups in total. The Hall–Kier alpha value is -0.770. The van der Waals surface area contributed by atoms with Gasteiger partial charge in [-0.15, -0.1) is 0 Å². The van der Waals surface area contributed by atoms with Crippen LogP contribution >= 0.6 is 0 Å². The summed E-state index contributed by atoms with van der Waals surface area (Å²) in [7, 11) is 0. The van der Waals surface area contributed by atoms with Crippen molar-refractivity contribution in [1.82, 2.24) is 4.90 Å². The van der Waals surface area contributed by atoms with Crippen molar-refractivity contribution in [2.24, 2.45) is 5.41 Å². The standard InChI is InChI=1S/C14H25NO3/c1-13(2,3)18-12(17)15-10-14(9-11(15)16)7-5-4-6-8-14/h11,16H,4-10H2,1-3H3. The predicted octanol–water partition coefficient (Wildman–Crippen LogP) is 2.90. The highest BCUT2D eigenvalue weighted by molar-refractivity contribution is 5.68. The molecule has 1 saturated carbocycles. The highest BCUT2D eigenvalue weighted by Gasteiger charge is 2.46. The first kappa shape index (κ1) is 13.7. The van der Waals surface area contributed by atoms with Crippen molar-refractivity contribution >= 4 is 6.09 Å². The minimum absolute atomic E-state index is 0.147. The average molecular weight is 255 g/mol. The summed E-state index contributed by atoms with van der Waals surface area (Å²) in [6.07, 6.45) is 5.64. The molecule has 0 aromatic heterocycles. The smallest absolute Gasteiger partial charge is 0.412 e. The lowest BCUT2D eigenvalue weighted by molar-refractivity contribution is -0.0129. The Bertz CT molecular complexity index is 315. The van der Waals surface area contributed by atoms with Gasteiger partial charge in [-0.2, -0.15) is 0 Å². The first-order chi connectivity index (χ1) is 8.31. The van der Waals surface area contributed by atoms with Gasteiger partial charge in [0.25, 0.3) is 0 Å². The Morgan fingerprint density at radius 2 is 1.89 bits per heavy atom. The minimum atomic E-state index is -0.669. The quantitative estimate of drug-likeness (QED) is 0.724. The molecule has 4 heteroatoms. The Morgan fingerprint density at radius 1 is 1.28 bits per heavy atom. The maximum absolute atomic E-state index is 12.0. The van der Waals surface area contributed by atoms with Crippen LogP contribution in [0.25, 0.3) is 0 Å². The molecule has 1 amide bonds. The van der Waals surface area contributed by atoms with E-state index in [0.29, 0.717) is 13.0 Å². The molecular formula is C14H25NO3. The third-order valence-corrected chi connectivity index (χ3v) is 4.02. The van der Waals surface area contributed by atoms with E-state index in [1.807, 2.05) is 20.8 Å². The summed E-state index contributed by atoms with van der Waals surface area (Å²) in [5, 5.41) is 10.1. The second-order valence-corrected chi connectivity index (χ2v) is 6.85. The number of nitrogens with zero attached hydrogens (tertiary/aromatic N) is 1. The van der Waals surface area contributed by atoms with Gasteiger partial charge in [-0.25, -0.2) is 4.79 Å². The molecule has 104 valence electrons. The highest BCUT2D eigenvalue weighted by Crippen LogP contribution is 2.45. The van der Waals surface area contributed by atoms with Crippen LogP contribution in [-0.2, 0) is 4.74 Å². The minimum Gasteiger partial charge on any atom is -0.444 e. The molecule has 1 aliphatic heterocycles. The summed E-state index contributed by atoms with van der Waals surface area (Å²) in [6, 6.07) is 0. The molecule has 2 aliphatic rings. The van der Waals surface area contributed by atoms with Gasteiger partial charge in [-0.3, -0.25) is 4.90 Å². The number of hydrogen-bond donors (Lipinski definition) is 1. The molecule has 1 atom stereocenters. The first-order valence-electron chi connectivity index (χ1n) is 6.99. The third kappa shape index (κ3) is 2.97. The molecule has 0 radical (unpaired) electrons. The van der Waals surface area contributed by atoms with Gasteiger partial charge in [0, 0.05) is 6.54 Å². The number of amides is 1. The molecule has 18 heavy (non-hydrogen) atoms. The van der Waals surface area contributed by atoms with Crippen molar-refractivity contribution in [3.8, 4) is 0 Å². The van der Waals surface area contributed by atoms with Gasteiger partial charge in [0.1, 0.15) is 11.8 Å². The van der Waals surface area contributed by atoms with Gasteiger partial charge in [0.05, 0.1) is 0 Å². The summed E-state index contributed by atoms with van der Waals surface area (Å²) < 4.78 is 5.35. The summed E-state index contributed by atoms with van der Waals surface area (Å²) in [5.74, 6) is 0. The zero-order chi connectivity index (χ0) is 13.4. The van der Waals surface area contributed by atoms with Crippen molar-refractivity contribution in [3.05, 3.63) is 0 Å². The molecule has 1 heterocycles. The molecule has 0 bridgehead atoms. The second kappa shape index (κ2) is 4.72. The van der Waals surface area contributed by atoms with E-state index in [1.165, 1.54) is 24.2 Å². The van der Waals surface area contributed by atoms with E-state index < -0.39 is 11.8 Å². The Balaban J connectivity index is 2.00. The van der Waals surface area contributed by atoms with E-state index in [-0.39, 0.29) is 11.5 Å². The predicted molar refractivity (Wildman–Crippen MR) is 69.1 cm³/mol. The Labute approximate surface area is 109 Å². The van der Waals surface area contributed by atoms with Crippen LogP contribution in [-0.4, -0.2) is 34.5 Å².